The van der Waals surface area contributed by atoms with Crippen molar-refractivity contribution in [1.82, 2.24) is 14.9 Å². The van der Waals surface area contributed by atoms with Crippen LogP contribution in [0.15, 0.2) is 18.5 Å². The Balaban J connectivity index is 2.53. The van der Waals surface area contributed by atoms with Crippen LogP contribution in [0.5, 0.6) is 0 Å². The summed E-state index contributed by atoms with van der Waals surface area (Å²) in [4.78, 5) is 21.0. The Morgan fingerprint density at radius 1 is 1.50 bits per heavy atom. The third-order valence-electron chi connectivity index (χ3n) is 2.39. The minimum absolute atomic E-state index is 0.372. The Morgan fingerprint density at radius 2 is 2.12 bits per heavy atom. The van der Waals surface area contributed by atoms with Crippen molar-refractivity contribution in [3.63, 3.8) is 0 Å². The fourth-order valence-corrected chi connectivity index (χ4v) is 1.38. The maximum atomic E-state index is 10.7. The number of aliphatic carboxylic acids is 1. The van der Waals surface area contributed by atoms with E-state index in [1.807, 2.05) is 11.8 Å². The highest BCUT2D eigenvalue weighted by Crippen LogP contribution is 2.03. The second-order valence-electron chi connectivity index (χ2n) is 3.73. The monoisotopic (exact) mass is 223 g/mol. The Labute approximate surface area is 95.1 Å². The van der Waals surface area contributed by atoms with E-state index < -0.39 is 5.97 Å². The van der Waals surface area contributed by atoms with E-state index in [1.165, 1.54) is 0 Å². The summed E-state index contributed by atoms with van der Waals surface area (Å²) in [5, 5.41) is 8.83. The van der Waals surface area contributed by atoms with E-state index in [0.717, 1.165) is 12.4 Å². The summed E-state index contributed by atoms with van der Waals surface area (Å²) in [6.45, 7) is 5.60. The largest absolute Gasteiger partial charge is 0.481 e. The van der Waals surface area contributed by atoms with Crippen molar-refractivity contribution in [1.29, 1.82) is 0 Å². The van der Waals surface area contributed by atoms with Gasteiger partial charge in [0.15, 0.2) is 0 Å². The third kappa shape index (κ3) is 3.94. The summed E-state index contributed by atoms with van der Waals surface area (Å²) < 4.78 is 0. The molecule has 5 nitrogen and oxygen atoms in total. The molecule has 1 atom stereocenters. The fraction of sp³-hybridized carbons (Fsp3) is 0.545. The summed E-state index contributed by atoms with van der Waals surface area (Å²) in [6, 6.07) is 1.76. The average molecular weight is 223 g/mol. The topological polar surface area (TPSA) is 66.3 Å². The van der Waals surface area contributed by atoms with Crippen LogP contribution in [0.25, 0.3) is 0 Å². The summed E-state index contributed by atoms with van der Waals surface area (Å²) in [7, 11) is 0. The normalized spacial score (nSPS) is 12.7. The van der Waals surface area contributed by atoms with E-state index in [-0.39, 0.29) is 5.92 Å². The van der Waals surface area contributed by atoms with Gasteiger partial charge in [-0.2, -0.15) is 0 Å². The summed E-state index contributed by atoms with van der Waals surface area (Å²) >= 11 is 0. The highest BCUT2D eigenvalue weighted by Gasteiger charge is 2.15. The maximum absolute atomic E-state index is 10.7. The molecule has 0 fully saturated rings. The molecule has 1 aromatic heterocycles. The fourth-order valence-electron chi connectivity index (χ4n) is 1.38. The molecule has 0 saturated heterocycles. The number of hydrogen-bond acceptors (Lipinski definition) is 4. The van der Waals surface area contributed by atoms with Crippen LogP contribution in [0.4, 0.5) is 0 Å². The van der Waals surface area contributed by atoms with Gasteiger partial charge in [0, 0.05) is 18.9 Å². The number of nitrogens with zero attached hydrogens (tertiary/aromatic N) is 3. The van der Waals surface area contributed by atoms with Gasteiger partial charge in [-0.15, -0.1) is 0 Å². The van der Waals surface area contributed by atoms with Gasteiger partial charge in [-0.1, -0.05) is 13.8 Å². The SMILES string of the molecule is CCN(Cc1ncccn1)CC(C)C(=O)O. The minimum atomic E-state index is -0.771. The Kier molecular flexibility index (Phi) is 4.85. The number of hydrogen-bond donors (Lipinski definition) is 1. The molecule has 5 heteroatoms. The van der Waals surface area contributed by atoms with E-state index in [4.69, 9.17) is 5.11 Å². The lowest BCUT2D eigenvalue weighted by atomic mass is 10.1. The van der Waals surface area contributed by atoms with Crippen molar-refractivity contribution in [2.24, 2.45) is 5.92 Å². The zero-order valence-corrected chi connectivity index (χ0v) is 9.63. The van der Waals surface area contributed by atoms with Gasteiger partial charge >= 0.3 is 5.97 Å². The molecule has 88 valence electrons. The first-order valence-corrected chi connectivity index (χ1v) is 5.34. The molecule has 1 rings (SSSR count). The van der Waals surface area contributed by atoms with Gasteiger partial charge < -0.3 is 5.11 Å². The summed E-state index contributed by atoms with van der Waals surface area (Å²) in [5.74, 6) is -0.418. The third-order valence-corrected chi connectivity index (χ3v) is 2.39. The van der Waals surface area contributed by atoms with Gasteiger partial charge in [0.2, 0.25) is 0 Å². The highest BCUT2D eigenvalue weighted by atomic mass is 16.4. The first-order valence-electron chi connectivity index (χ1n) is 5.34. The molecule has 0 aliphatic rings. The predicted octanol–water partition coefficient (Wildman–Crippen LogP) is 1.02. The lowest BCUT2D eigenvalue weighted by molar-refractivity contribution is -0.141. The summed E-state index contributed by atoms with van der Waals surface area (Å²) in [5.41, 5.74) is 0. The molecule has 0 spiro atoms. The van der Waals surface area contributed by atoms with E-state index in [1.54, 1.807) is 25.4 Å². The van der Waals surface area contributed by atoms with Crippen molar-refractivity contribution in [2.75, 3.05) is 13.1 Å². The Bertz CT molecular complexity index is 329. The van der Waals surface area contributed by atoms with Crippen LogP contribution in [0.2, 0.25) is 0 Å². The average Bonchev–Trinajstić information content (AvgIpc) is 2.29. The number of carbonyl (C=O) groups is 1. The molecule has 0 aromatic carbocycles. The zero-order valence-electron chi connectivity index (χ0n) is 9.63. The van der Waals surface area contributed by atoms with Crippen LogP contribution < -0.4 is 0 Å². The van der Waals surface area contributed by atoms with E-state index in [0.29, 0.717) is 13.1 Å². The molecule has 1 heterocycles. The highest BCUT2D eigenvalue weighted by molar-refractivity contribution is 5.69. The van der Waals surface area contributed by atoms with Gasteiger partial charge in [0.1, 0.15) is 5.82 Å². The van der Waals surface area contributed by atoms with Crippen LogP contribution in [0.3, 0.4) is 0 Å². The van der Waals surface area contributed by atoms with Crippen molar-refractivity contribution in [3.05, 3.63) is 24.3 Å². The van der Waals surface area contributed by atoms with Gasteiger partial charge in [0.05, 0.1) is 12.5 Å². The number of carboxylic acids is 1. The molecular formula is C11H17N3O2. The van der Waals surface area contributed by atoms with Gasteiger partial charge in [-0.05, 0) is 12.6 Å². The Hall–Kier alpha value is -1.49. The molecule has 1 N–H and O–H groups in total. The van der Waals surface area contributed by atoms with E-state index >= 15 is 0 Å². The molecular weight excluding hydrogens is 206 g/mol. The standard InChI is InChI=1S/C11H17N3O2/c1-3-14(7-9(2)11(15)16)8-10-12-5-4-6-13-10/h4-6,9H,3,7-8H2,1-2H3,(H,15,16). The van der Waals surface area contributed by atoms with Crippen LogP contribution in [-0.2, 0) is 11.3 Å². The minimum Gasteiger partial charge on any atom is -0.481 e. The molecule has 0 saturated carbocycles. The van der Waals surface area contributed by atoms with E-state index in [9.17, 15) is 4.79 Å². The molecule has 16 heavy (non-hydrogen) atoms. The van der Waals surface area contributed by atoms with Gasteiger partial charge in [-0.25, -0.2) is 9.97 Å². The number of carboxylic acid groups (broad SMARTS) is 1. The molecule has 0 aliphatic heterocycles. The quantitative estimate of drug-likeness (QED) is 0.780. The van der Waals surface area contributed by atoms with Gasteiger partial charge in [0.25, 0.3) is 0 Å². The van der Waals surface area contributed by atoms with Crippen LogP contribution in [-0.4, -0.2) is 39.0 Å². The van der Waals surface area contributed by atoms with Crippen LogP contribution in [0, 0.1) is 5.92 Å². The van der Waals surface area contributed by atoms with E-state index in [2.05, 4.69) is 9.97 Å². The second kappa shape index (κ2) is 6.17. The van der Waals surface area contributed by atoms with Crippen molar-refractivity contribution < 1.29 is 9.90 Å². The number of aromatic nitrogens is 2. The molecule has 0 radical (unpaired) electrons. The number of rotatable bonds is 6. The van der Waals surface area contributed by atoms with Gasteiger partial charge in [-0.3, -0.25) is 9.69 Å². The molecule has 1 unspecified atom stereocenters. The first-order chi connectivity index (χ1) is 7.63. The summed E-state index contributed by atoms with van der Waals surface area (Å²) in [6.07, 6.45) is 3.38. The van der Waals surface area contributed by atoms with Crippen LogP contribution in [0.1, 0.15) is 19.7 Å². The van der Waals surface area contributed by atoms with Crippen molar-refractivity contribution in [3.8, 4) is 0 Å². The Morgan fingerprint density at radius 3 is 2.62 bits per heavy atom. The zero-order chi connectivity index (χ0) is 12.0. The molecule has 1 aromatic rings. The van der Waals surface area contributed by atoms with Crippen molar-refractivity contribution >= 4 is 5.97 Å². The molecule has 0 bridgehead atoms. The second-order valence-corrected chi connectivity index (χ2v) is 3.73. The van der Waals surface area contributed by atoms with Crippen molar-refractivity contribution in [2.45, 2.75) is 20.4 Å². The first kappa shape index (κ1) is 12.6. The molecule has 0 aliphatic carbocycles. The predicted molar refractivity (Wildman–Crippen MR) is 59.8 cm³/mol. The van der Waals surface area contributed by atoms with Crippen LogP contribution >= 0.6 is 0 Å². The lowest BCUT2D eigenvalue weighted by Gasteiger charge is -2.21. The smallest absolute Gasteiger partial charge is 0.307 e. The molecule has 0 amide bonds. The maximum Gasteiger partial charge on any atom is 0.307 e. The lowest BCUT2D eigenvalue weighted by Crippen LogP contribution is -2.31.